The number of hydrogen-bond acceptors (Lipinski definition) is 2. The molecular formula is C10H18N2O. The molecule has 0 saturated heterocycles. The molecule has 0 amide bonds. The van der Waals surface area contributed by atoms with Crippen LogP contribution in [0.4, 0.5) is 0 Å². The Labute approximate surface area is 79.2 Å². The van der Waals surface area contributed by atoms with Gasteiger partial charge in [-0.05, 0) is 19.3 Å². The monoisotopic (exact) mass is 182 g/mol. The Morgan fingerprint density at radius 2 is 2.15 bits per heavy atom. The quantitative estimate of drug-likeness (QED) is 0.745. The van der Waals surface area contributed by atoms with E-state index in [1.165, 1.54) is 0 Å². The number of rotatable bonds is 4. The minimum absolute atomic E-state index is 0.233. The number of aliphatic hydroxyl groups is 1. The molecule has 0 unspecified atom stereocenters. The van der Waals surface area contributed by atoms with E-state index in [0.29, 0.717) is 5.92 Å². The molecule has 74 valence electrons. The molecule has 1 aromatic rings. The van der Waals surface area contributed by atoms with Crippen LogP contribution in [0, 0.1) is 6.92 Å². The normalized spacial score (nSPS) is 11.2. The minimum atomic E-state index is 0.233. The number of aromatic nitrogens is 2. The number of nitrogens with zero attached hydrogens (tertiary/aromatic N) is 1. The number of aromatic amines is 1. The van der Waals surface area contributed by atoms with Crippen LogP contribution in [-0.4, -0.2) is 21.7 Å². The van der Waals surface area contributed by atoms with Crippen LogP contribution in [0.2, 0.25) is 0 Å². The lowest BCUT2D eigenvalue weighted by Crippen LogP contribution is -1.93. The van der Waals surface area contributed by atoms with Crippen molar-refractivity contribution < 1.29 is 5.11 Å². The average molecular weight is 182 g/mol. The van der Waals surface area contributed by atoms with Crippen LogP contribution in [0.3, 0.4) is 0 Å². The summed E-state index contributed by atoms with van der Waals surface area (Å²) in [6.07, 6.45) is 1.62. The molecule has 0 bridgehead atoms. The van der Waals surface area contributed by atoms with E-state index in [4.69, 9.17) is 5.11 Å². The third-order valence-corrected chi connectivity index (χ3v) is 2.09. The van der Waals surface area contributed by atoms with Gasteiger partial charge in [0.1, 0.15) is 5.82 Å². The van der Waals surface area contributed by atoms with Crippen molar-refractivity contribution in [3.8, 4) is 0 Å². The lowest BCUT2D eigenvalue weighted by molar-refractivity contribution is 0.287. The topological polar surface area (TPSA) is 48.9 Å². The number of imidazole rings is 1. The average Bonchev–Trinajstić information content (AvgIpc) is 2.43. The molecule has 1 aromatic heterocycles. The van der Waals surface area contributed by atoms with Crippen LogP contribution in [0.15, 0.2) is 0 Å². The molecule has 0 aliphatic rings. The Kier molecular flexibility index (Phi) is 3.48. The molecule has 0 aromatic carbocycles. The van der Waals surface area contributed by atoms with E-state index in [9.17, 15) is 0 Å². The summed E-state index contributed by atoms with van der Waals surface area (Å²) in [5, 5.41) is 8.67. The zero-order chi connectivity index (χ0) is 9.84. The highest BCUT2D eigenvalue weighted by molar-refractivity contribution is 5.16. The van der Waals surface area contributed by atoms with Crippen molar-refractivity contribution in [2.24, 2.45) is 0 Å². The first-order chi connectivity index (χ1) is 6.15. The van der Waals surface area contributed by atoms with Crippen molar-refractivity contribution >= 4 is 0 Å². The fourth-order valence-corrected chi connectivity index (χ4v) is 1.46. The van der Waals surface area contributed by atoms with E-state index in [1.807, 2.05) is 6.92 Å². The number of aryl methyl sites for hydroxylation is 2. The molecule has 0 aliphatic carbocycles. The van der Waals surface area contributed by atoms with Gasteiger partial charge in [0.25, 0.3) is 0 Å². The molecule has 13 heavy (non-hydrogen) atoms. The first-order valence-corrected chi connectivity index (χ1v) is 4.81. The fraction of sp³-hybridized carbons (Fsp3) is 0.700. The van der Waals surface area contributed by atoms with Gasteiger partial charge in [-0.15, -0.1) is 0 Å². The molecule has 2 N–H and O–H groups in total. The Morgan fingerprint density at radius 3 is 2.62 bits per heavy atom. The highest BCUT2D eigenvalue weighted by Crippen LogP contribution is 2.16. The molecule has 0 spiro atoms. The van der Waals surface area contributed by atoms with Crippen LogP contribution in [0.5, 0.6) is 0 Å². The summed E-state index contributed by atoms with van der Waals surface area (Å²) in [5.41, 5.74) is 2.30. The second kappa shape index (κ2) is 4.42. The van der Waals surface area contributed by atoms with Gasteiger partial charge >= 0.3 is 0 Å². The standard InChI is InChI=1S/C10H18N2O/c1-7(2)10-8(3)11-9(12-10)5-4-6-13/h7,13H,4-6H2,1-3H3,(H,11,12). The van der Waals surface area contributed by atoms with E-state index >= 15 is 0 Å². The molecule has 1 rings (SSSR count). The van der Waals surface area contributed by atoms with E-state index < -0.39 is 0 Å². The lowest BCUT2D eigenvalue weighted by atomic mass is 10.1. The highest BCUT2D eigenvalue weighted by Gasteiger charge is 2.09. The molecule has 0 saturated carbocycles. The summed E-state index contributed by atoms with van der Waals surface area (Å²) in [7, 11) is 0. The van der Waals surface area contributed by atoms with E-state index in [2.05, 4.69) is 23.8 Å². The zero-order valence-electron chi connectivity index (χ0n) is 8.59. The van der Waals surface area contributed by atoms with Crippen LogP contribution < -0.4 is 0 Å². The van der Waals surface area contributed by atoms with E-state index in [-0.39, 0.29) is 6.61 Å². The number of H-pyrrole nitrogens is 1. The van der Waals surface area contributed by atoms with Crippen LogP contribution in [0.1, 0.15) is 43.4 Å². The van der Waals surface area contributed by atoms with E-state index in [0.717, 1.165) is 30.1 Å². The second-order valence-corrected chi connectivity index (χ2v) is 3.68. The predicted molar refractivity (Wildman–Crippen MR) is 52.8 cm³/mol. The first kappa shape index (κ1) is 10.3. The summed E-state index contributed by atoms with van der Waals surface area (Å²) in [4.78, 5) is 7.72. The van der Waals surface area contributed by atoms with Gasteiger partial charge in [0.2, 0.25) is 0 Å². The smallest absolute Gasteiger partial charge is 0.106 e. The van der Waals surface area contributed by atoms with Crippen molar-refractivity contribution in [1.82, 2.24) is 9.97 Å². The highest BCUT2D eigenvalue weighted by atomic mass is 16.2. The first-order valence-electron chi connectivity index (χ1n) is 4.81. The fourth-order valence-electron chi connectivity index (χ4n) is 1.46. The maximum atomic E-state index is 8.67. The molecule has 0 radical (unpaired) electrons. The van der Waals surface area contributed by atoms with Gasteiger partial charge in [0.15, 0.2) is 0 Å². The van der Waals surface area contributed by atoms with Crippen molar-refractivity contribution in [2.45, 2.75) is 39.5 Å². The zero-order valence-corrected chi connectivity index (χ0v) is 8.59. The largest absolute Gasteiger partial charge is 0.396 e. The van der Waals surface area contributed by atoms with Crippen molar-refractivity contribution in [1.29, 1.82) is 0 Å². The minimum Gasteiger partial charge on any atom is -0.396 e. The molecule has 1 heterocycles. The number of nitrogens with one attached hydrogen (secondary N) is 1. The second-order valence-electron chi connectivity index (χ2n) is 3.68. The maximum absolute atomic E-state index is 8.67. The Hall–Kier alpha value is -0.830. The summed E-state index contributed by atoms with van der Waals surface area (Å²) in [5.74, 6) is 1.47. The molecule has 0 atom stereocenters. The van der Waals surface area contributed by atoms with Gasteiger partial charge in [-0.3, -0.25) is 0 Å². The molecule has 3 nitrogen and oxygen atoms in total. The molecule has 3 heteroatoms. The SMILES string of the molecule is Cc1[nH]c(CCCO)nc1C(C)C. The summed E-state index contributed by atoms with van der Waals surface area (Å²) in [6.45, 7) is 6.56. The van der Waals surface area contributed by atoms with Crippen LogP contribution >= 0.6 is 0 Å². The third-order valence-electron chi connectivity index (χ3n) is 2.09. The third kappa shape index (κ3) is 2.56. The summed E-state index contributed by atoms with van der Waals surface area (Å²) < 4.78 is 0. The van der Waals surface area contributed by atoms with Gasteiger partial charge in [-0.1, -0.05) is 13.8 Å². The van der Waals surface area contributed by atoms with Crippen molar-refractivity contribution in [3.63, 3.8) is 0 Å². The molecule has 0 fully saturated rings. The van der Waals surface area contributed by atoms with Gasteiger partial charge < -0.3 is 10.1 Å². The van der Waals surface area contributed by atoms with Gasteiger partial charge in [-0.25, -0.2) is 4.98 Å². The molecule has 0 aliphatic heterocycles. The van der Waals surface area contributed by atoms with Gasteiger partial charge in [0.05, 0.1) is 5.69 Å². The van der Waals surface area contributed by atoms with Crippen LogP contribution in [0.25, 0.3) is 0 Å². The Morgan fingerprint density at radius 1 is 1.46 bits per heavy atom. The summed E-state index contributed by atoms with van der Waals surface area (Å²) in [6, 6.07) is 0. The van der Waals surface area contributed by atoms with Crippen molar-refractivity contribution in [2.75, 3.05) is 6.61 Å². The number of aliphatic hydroxyl groups excluding tert-OH is 1. The van der Waals surface area contributed by atoms with Crippen molar-refractivity contribution in [3.05, 3.63) is 17.2 Å². The Bertz CT molecular complexity index is 266. The van der Waals surface area contributed by atoms with Crippen LogP contribution in [-0.2, 0) is 6.42 Å². The number of hydrogen-bond donors (Lipinski definition) is 2. The van der Waals surface area contributed by atoms with Gasteiger partial charge in [0, 0.05) is 18.7 Å². The summed E-state index contributed by atoms with van der Waals surface area (Å²) >= 11 is 0. The lowest BCUT2D eigenvalue weighted by Gasteiger charge is -1.99. The predicted octanol–water partition coefficient (Wildman–Crippen LogP) is 1.77. The van der Waals surface area contributed by atoms with Gasteiger partial charge in [-0.2, -0.15) is 0 Å². The maximum Gasteiger partial charge on any atom is 0.106 e. The Balaban J connectivity index is 2.71. The van der Waals surface area contributed by atoms with E-state index in [1.54, 1.807) is 0 Å². The molecular weight excluding hydrogens is 164 g/mol.